The van der Waals surface area contributed by atoms with Crippen molar-refractivity contribution < 1.29 is 19.3 Å². The van der Waals surface area contributed by atoms with Gasteiger partial charge in [0.2, 0.25) is 0 Å². The van der Waals surface area contributed by atoms with Gasteiger partial charge in [0, 0.05) is 51.5 Å². The monoisotopic (exact) mass is 550 g/mol. The lowest BCUT2D eigenvalue weighted by atomic mass is 10.1. The largest absolute Gasteiger partial charge is 0.497 e. The molecule has 2 rings (SSSR count). The summed E-state index contributed by atoms with van der Waals surface area (Å²) in [5.74, 6) is 2.03. The van der Waals surface area contributed by atoms with Crippen molar-refractivity contribution in [3.05, 3.63) is 23.8 Å². The average Bonchev–Trinajstić information content (AvgIpc) is 2.78. The van der Waals surface area contributed by atoms with Crippen LogP contribution in [0.2, 0.25) is 0 Å². The summed E-state index contributed by atoms with van der Waals surface area (Å²) >= 11 is 0. The topological polar surface area (TPSA) is 87.6 Å². The number of aliphatic imine (C=N–C) groups is 1. The summed E-state index contributed by atoms with van der Waals surface area (Å²) in [6.07, 6.45) is 2.44. The Morgan fingerprint density at radius 2 is 1.97 bits per heavy atom. The number of aliphatic hydroxyl groups excluding tert-OH is 1. The Morgan fingerprint density at radius 3 is 2.58 bits per heavy atom. The number of guanidine groups is 1. The number of hydrogen-bond acceptors (Lipinski definition) is 6. The minimum atomic E-state index is -0.784. The van der Waals surface area contributed by atoms with Gasteiger partial charge >= 0.3 is 0 Å². The molecule has 31 heavy (non-hydrogen) atoms. The smallest absolute Gasteiger partial charge is 0.191 e. The van der Waals surface area contributed by atoms with Crippen LogP contribution in [-0.2, 0) is 4.74 Å². The van der Waals surface area contributed by atoms with Gasteiger partial charge in [0.05, 0.1) is 20.8 Å². The molecule has 8 nitrogen and oxygen atoms in total. The van der Waals surface area contributed by atoms with Crippen LogP contribution in [0.5, 0.6) is 11.5 Å². The number of nitrogens with zero attached hydrogens (tertiary/aromatic N) is 2. The molecule has 1 aromatic rings. The normalized spacial score (nSPS) is 16.4. The number of nitrogens with one attached hydrogen (secondary N) is 2. The highest BCUT2D eigenvalue weighted by Gasteiger charge is 2.20. The first-order valence-electron chi connectivity index (χ1n) is 10.8. The molecule has 1 atom stereocenters. The predicted octanol–water partition coefficient (Wildman–Crippen LogP) is 2.41. The van der Waals surface area contributed by atoms with Gasteiger partial charge in [-0.2, -0.15) is 0 Å². The predicted molar refractivity (Wildman–Crippen MR) is 135 cm³/mol. The minimum Gasteiger partial charge on any atom is -0.497 e. The van der Waals surface area contributed by atoms with Gasteiger partial charge in [-0.15, -0.1) is 24.0 Å². The molecule has 178 valence electrons. The lowest BCUT2D eigenvalue weighted by molar-refractivity contribution is 0.155. The van der Waals surface area contributed by atoms with E-state index in [1.165, 1.54) is 0 Å². The van der Waals surface area contributed by atoms with Crippen LogP contribution in [0.1, 0.15) is 37.9 Å². The van der Waals surface area contributed by atoms with Crippen molar-refractivity contribution in [2.75, 3.05) is 60.7 Å². The highest BCUT2D eigenvalue weighted by Crippen LogP contribution is 2.29. The molecule has 0 saturated carbocycles. The molecular weight excluding hydrogens is 511 g/mol. The van der Waals surface area contributed by atoms with Gasteiger partial charge in [0.25, 0.3) is 0 Å². The average molecular weight is 550 g/mol. The van der Waals surface area contributed by atoms with E-state index in [1.807, 2.05) is 13.0 Å². The Bertz CT molecular complexity index is 654. The minimum absolute atomic E-state index is 0. The Morgan fingerprint density at radius 1 is 1.23 bits per heavy atom. The quantitative estimate of drug-likeness (QED) is 0.169. The number of ether oxygens (including phenoxy) is 3. The fraction of sp³-hybridized carbons (Fsp3) is 0.682. The van der Waals surface area contributed by atoms with Crippen molar-refractivity contribution in [1.82, 2.24) is 15.5 Å². The molecule has 1 heterocycles. The summed E-state index contributed by atoms with van der Waals surface area (Å²) in [5, 5.41) is 17.5. The first kappa shape index (κ1) is 27.7. The Balaban J connectivity index is 0.00000480. The first-order valence-corrected chi connectivity index (χ1v) is 10.8. The van der Waals surface area contributed by atoms with Crippen molar-refractivity contribution in [3.63, 3.8) is 0 Å². The number of piperidine rings is 1. The van der Waals surface area contributed by atoms with E-state index in [-0.39, 0.29) is 30.5 Å². The van der Waals surface area contributed by atoms with Crippen LogP contribution in [-0.4, -0.2) is 82.7 Å². The van der Waals surface area contributed by atoms with Crippen molar-refractivity contribution in [1.29, 1.82) is 0 Å². The van der Waals surface area contributed by atoms with E-state index in [4.69, 9.17) is 14.2 Å². The maximum atomic E-state index is 10.7. The highest BCUT2D eigenvalue weighted by atomic mass is 127. The Labute approximate surface area is 203 Å². The van der Waals surface area contributed by atoms with E-state index in [2.05, 4.69) is 20.5 Å². The lowest BCUT2D eigenvalue weighted by Crippen LogP contribution is -2.49. The van der Waals surface area contributed by atoms with Gasteiger partial charge in [0.1, 0.15) is 17.6 Å². The second kappa shape index (κ2) is 15.5. The highest BCUT2D eigenvalue weighted by molar-refractivity contribution is 14.0. The van der Waals surface area contributed by atoms with Crippen LogP contribution < -0.4 is 20.1 Å². The number of halogens is 1. The van der Waals surface area contributed by atoms with Gasteiger partial charge in [-0.3, -0.25) is 4.99 Å². The number of hydrogen-bond donors (Lipinski definition) is 3. The van der Waals surface area contributed by atoms with Gasteiger partial charge in [-0.05, 0) is 44.4 Å². The van der Waals surface area contributed by atoms with Crippen molar-refractivity contribution in [2.24, 2.45) is 4.99 Å². The fourth-order valence-electron chi connectivity index (χ4n) is 3.62. The molecule has 0 spiro atoms. The van der Waals surface area contributed by atoms with E-state index >= 15 is 0 Å². The van der Waals surface area contributed by atoms with E-state index in [0.29, 0.717) is 23.1 Å². The second-order valence-corrected chi connectivity index (χ2v) is 7.45. The zero-order valence-corrected chi connectivity index (χ0v) is 21.6. The molecule has 0 bridgehead atoms. The van der Waals surface area contributed by atoms with Crippen LogP contribution in [0.3, 0.4) is 0 Å². The van der Waals surface area contributed by atoms with Crippen molar-refractivity contribution in [3.8, 4) is 11.5 Å². The summed E-state index contributed by atoms with van der Waals surface area (Å²) in [6, 6.07) is 5.78. The first-order chi connectivity index (χ1) is 14.6. The summed E-state index contributed by atoms with van der Waals surface area (Å²) in [6.45, 7) is 7.08. The summed E-state index contributed by atoms with van der Waals surface area (Å²) in [7, 11) is 4.94. The van der Waals surface area contributed by atoms with Gasteiger partial charge in [-0.25, -0.2) is 0 Å². The fourth-order valence-corrected chi connectivity index (χ4v) is 3.62. The molecule has 0 amide bonds. The Hall–Kier alpha value is -1.30. The molecule has 1 aromatic carbocycles. The van der Waals surface area contributed by atoms with Crippen molar-refractivity contribution in [2.45, 2.75) is 38.3 Å². The van der Waals surface area contributed by atoms with Crippen LogP contribution >= 0.6 is 24.0 Å². The molecule has 9 heteroatoms. The maximum absolute atomic E-state index is 10.7. The zero-order valence-electron chi connectivity index (χ0n) is 19.2. The molecule has 1 saturated heterocycles. The standard InChI is InChI=1S/C22H38N4O4.HI/c1-5-23-22(25-17-9-12-26(13-10-17)11-6-14-28-2)24-16-20(27)19-15-18(29-3)7-8-21(19)30-4;/h7-8,15,17,20,27H,5-6,9-14,16H2,1-4H3,(H2,23,24,25);1H. The zero-order chi connectivity index (χ0) is 21.8. The molecule has 1 aliphatic heterocycles. The van der Waals surface area contributed by atoms with Crippen LogP contribution in [0.25, 0.3) is 0 Å². The molecule has 0 aromatic heterocycles. The van der Waals surface area contributed by atoms with Gasteiger partial charge in [0.15, 0.2) is 5.96 Å². The number of benzene rings is 1. The molecule has 3 N–H and O–H groups in total. The molecule has 0 radical (unpaired) electrons. The summed E-state index contributed by atoms with van der Waals surface area (Å²) in [4.78, 5) is 7.10. The third-order valence-corrected chi connectivity index (χ3v) is 5.31. The Kier molecular flexibility index (Phi) is 13.9. The van der Waals surface area contributed by atoms with Crippen LogP contribution in [0.4, 0.5) is 0 Å². The molecule has 0 aliphatic carbocycles. The molecule has 1 unspecified atom stereocenters. The van der Waals surface area contributed by atoms with Crippen molar-refractivity contribution >= 4 is 29.9 Å². The van der Waals surface area contributed by atoms with Crippen LogP contribution in [0.15, 0.2) is 23.2 Å². The molecular formula is C22H39IN4O4. The second-order valence-electron chi connectivity index (χ2n) is 7.45. The van der Waals surface area contributed by atoms with Crippen LogP contribution in [0, 0.1) is 0 Å². The maximum Gasteiger partial charge on any atom is 0.191 e. The molecule has 1 aliphatic rings. The van der Waals surface area contributed by atoms with Gasteiger partial charge in [-0.1, -0.05) is 0 Å². The third kappa shape index (κ3) is 9.38. The summed E-state index contributed by atoms with van der Waals surface area (Å²) in [5.41, 5.74) is 0.667. The summed E-state index contributed by atoms with van der Waals surface area (Å²) < 4.78 is 15.8. The SMILES string of the molecule is CCNC(=NCC(O)c1cc(OC)ccc1OC)NC1CCN(CCCOC)CC1.I. The number of methoxy groups -OCH3 is 3. The number of aliphatic hydroxyl groups is 1. The van der Waals surface area contributed by atoms with E-state index < -0.39 is 6.10 Å². The van der Waals surface area contributed by atoms with E-state index in [0.717, 1.165) is 58.0 Å². The van der Waals surface area contributed by atoms with E-state index in [9.17, 15) is 5.11 Å². The third-order valence-electron chi connectivity index (χ3n) is 5.31. The number of rotatable bonds is 11. The molecule has 1 fully saturated rings. The number of likely N-dealkylation sites (tertiary alicyclic amines) is 1. The van der Waals surface area contributed by atoms with E-state index in [1.54, 1.807) is 33.5 Å². The van der Waals surface area contributed by atoms with Gasteiger partial charge < -0.3 is 34.9 Å². The lowest BCUT2D eigenvalue weighted by Gasteiger charge is -2.33.